The molecule has 0 aliphatic carbocycles. The number of rotatable bonds is 5. The van der Waals surface area contributed by atoms with Crippen LogP contribution in [0.25, 0.3) is 0 Å². The zero-order valence-electron chi connectivity index (χ0n) is 16.1. The van der Waals surface area contributed by atoms with Crippen LogP contribution < -0.4 is 14.9 Å². The molecule has 0 radical (unpaired) electrons. The summed E-state index contributed by atoms with van der Waals surface area (Å²) in [4.78, 5) is 38.8. The summed E-state index contributed by atoms with van der Waals surface area (Å²) in [6, 6.07) is 5.11. The van der Waals surface area contributed by atoms with E-state index in [9.17, 15) is 14.4 Å². The van der Waals surface area contributed by atoms with E-state index in [0.29, 0.717) is 30.2 Å². The summed E-state index contributed by atoms with van der Waals surface area (Å²) in [5, 5.41) is 3.81. The molecular weight excluding hydrogens is 368 g/mol. The number of hydrazone groups is 1. The predicted octanol–water partition coefficient (Wildman–Crippen LogP) is 0.455. The number of carbonyl (C=O) groups excluding carboxylic acids is 3. The number of methoxy groups -OCH3 is 2. The molecule has 0 bridgehead atoms. The van der Waals surface area contributed by atoms with Gasteiger partial charge >= 0.3 is 17.9 Å². The van der Waals surface area contributed by atoms with Crippen LogP contribution in [0.3, 0.4) is 0 Å². The molecule has 0 aromatic heterocycles. The number of ether oxygens (including phenoxy) is 3. The summed E-state index contributed by atoms with van der Waals surface area (Å²) >= 11 is 0. The van der Waals surface area contributed by atoms with Crippen molar-refractivity contribution >= 4 is 24.1 Å². The summed E-state index contributed by atoms with van der Waals surface area (Å²) in [6.07, 6.45) is 0.958. The van der Waals surface area contributed by atoms with Crippen molar-refractivity contribution in [3.05, 3.63) is 23.8 Å². The van der Waals surface area contributed by atoms with Gasteiger partial charge in [0.05, 0.1) is 27.0 Å². The van der Waals surface area contributed by atoms with Gasteiger partial charge in [0.2, 0.25) is 0 Å². The van der Waals surface area contributed by atoms with Crippen LogP contribution in [0.2, 0.25) is 0 Å². The first-order valence-electron chi connectivity index (χ1n) is 8.76. The number of hydrogen-bond donors (Lipinski definition) is 1. The van der Waals surface area contributed by atoms with Crippen molar-refractivity contribution in [2.45, 2.75) is 6.92 Å². The first-order valence-corrected chi connectivity index (χ1v) is 8.76. The number of carbonyl (C=O) groups is 3. The van der Waals surface area contributed by atoms with E-state index in [1.807, 2.05) is 0 Å². The lowest BCUT2D eigenvalue weighted by atomic mass is 10.2. The van der Waals surface area contributed by atoms with E-state index in [-0.39, 0.29) is 19.7 Å². The lowest BCUT2D eigenvalue weighted by molar-refractivity contribution is -0.146. The summed E-state index contributed by atoms with van der Waals surface area (Å²) < 4.78 is 15.3. The SMILES string of the molecule is CCOC(=O)N1CCN(C(=O)C(=O)N/N=C\c2ccc(OC)cc2OC)CC1. The molecule has 1 aliphatic rings. The minimum atomic E-state index is -0.853. The van der Waals surface area contributed by atoms with Crippen LogP contribution in [0.5, 0.6) is 11.5 Å². The topological polar surface area (TPSA) is 110 Å². The van der Waals surface area contributed by atoms with E-state index in [0.717, 1.165) is 0 Å². The number of nitrogens with zero attached hydrogens (tertiary/aromatic N) is 3. The Bertz CT molecular complexity index is 744. The quantitative estimate of drug-likeness (QED) is 0.443. The number of hydrogen-bond acceptors (Lipinski definition) is 7. The second-order valence-corrected chi connectivity index (χ2v) is 5.79. The smallest absolute Gasteiger partial charge is 0.409 e. The van der Waals surface area contributed by atoms with E-state index in [4.69, 9.17) is 14.2 Å². The molecule has 0 saturated carbocycles. The maximum absolute atomic E-state index is 12.2. The van der Waals surface area contributed by atoms with Gasteiger partial charge in [0.1, 0.15) is 11.5 Å². The normalized spacial score (nSPS) is 14.0. The molecule has 1 fully saturated rings. The van der Waals surface area contributed by atoms with Gasteiger partial charge in [0.15, 0.2) is 0 Å². The Hall–Kier alpha value is -3.30. The highest BCUT2D eigenvalue weighted by Gasteiger charge is 2.28. The molecule has 0 unspecified atom stereocenters. The monoisotopic (exact) mass is 392 g/mol. The Morgan fingerprint density at radius 1 is 1.11 bits per heavy atom. The third-order valence-electron chi connectivity index (χ3n) is 4.10. The molecule has 1 heterocycles. The second-order valence-electron chi connectivity index (χ2n) is 5.79. The maximum atomic E-state index is 12.2. The van der Waals surface area contributed by atoms with Crippen LogP contribution in [0.15, 0.2) is 23.3 Å². The summed E-state index contributed by atoms with van der Waals surface area (Å²) in [7, 11) is 3.05. The molecule has 1 saturated heterocycles. The molecule has 1 aromatic rings. The number of amides is 3. The molecule has 1 aromatic carbocycles. The van der Waals surface area contributed by atoms with Gasteiger partial charge in [-0.2, -0.15) is 5.10 Å². The number of nitrogens with one attached hydrogen (secondary N) is 1. The zero-order chi connectivity index (χ0) is 20.5. The fourth-order valence-electron chi connectivity index (χ4n) is 2.58. The minimum absolute atomic E-state index is 0.251. The Kier molecular flexibility index (Phi) is 7.61. The molecule has 2 rings (SSSR count). The van der Waals surface area contributed by atoms with Crippen molar-refractivity contribution in [3.63, 3.8) is 0 Å². The molecule has 1 N–H and O–H groups in total. The van der Waals surface area contributed by atoms with Crippen LogP contribution >= 0.6 is 0 Å². The van der Waals surface area contributed by atoms with Gasteiger partial charge < -0.3 is 24.0 Å². The summed E-state index contributed by atoms with van der Waals surface area (Å²) in [5.74, 6) is -0.426. The van der Waals surface area contributed by atoms with E-state index < -0.39 is 17.9 Å². The van der Waals surface area contributed by atoms with Crippen molar-refractivity contribution in [1.82, 2.24) is 15.2 Å². The largest absolute Gasteiger partial charge is 0.497 e. The van der Waals surface area contributed by atoms with E-state index >= 15 is 0 Å². The Labute approximate surface area is 163 Å². The summed E-state index contributed by atoms with van der Waals surface area (Å²) in [6.45, 7) is 3.14. The van der Waals surface area contributed by atoms with E-state index in [1.54, 1.807) is 32.2 Å². The third kappa shape index (κ3) is 5.35. The van der Waals surface area contributed by atoms with Crippen LogP contribution in [-0.4, -0.2) is 80.9 Å². The fourth-order valence-corrected chi connectivity index (χ4v) is 2.58. The first kappa shape index (κ1) is 21.0. The molecule has 28 heavy (non-hydrogen) atoms. The highest BCUT2D eigenvalue weighted by Crippen LogP contribution is 2.22. The van der Waals surface area contributed by atoms with Crippen LogP contribution in [0.1, 0.15) is 12.5 Å². The fraction of sp³-hybridized carbons (Fsp3) is 0.444. The Balaban J connectivity index is 1.87. The highest BCUT2D eigenvalue weighted by molar-refractivity contribution is 6.35. The maximum Gasteiger partial charge on any atom is 0.409 e. The molecule has 10 nitrogen and oxygen atoms in total. The zero-order valence-corrected chi connectivity index (χ0v) is 16.1. The lowest BCUT2D eigenvalue weighted by Gasteiger charge is -2.33. The van der Waals surface area contributed by atoms with Crippen LogP contribution in [0, 0.1) is 0 Å². The van der Waals surface area contributed by atoms with Crippen molar-refractivity contribution in [1.29, 1.82) is 0 Å². The van der Waals surface area contributed by atoms with Crippen molar-refractivity contribution in [2.24, 2.45) is 5.10 Å². The Morgan fingerprint density at radius 3 is 2.39 bits per heavy atom. The van der Waals surface area contributed by atoms with Gasteiger partial charge in [-0.3, -0.25) is 9.59 Å². The predicted molar refractivity (Wildman–Crippen MR) is 100 cm³/mol. The standard InChI is InChI=1S/C18H24N4O6/c1-4-28-18(25)22-9-7-21(8-10-22)17(24)16(23)20-19-12-13-5-6-14(26-2)11-15(13)27-3/h5-6,11-12H,4,7-10H2,1-3H3,(H,20,23)/b19-12-. The van der Waals surface area contributed by atoms with E-state index in [1.165, 1.54) is 23.1 Å². The van der Waals surface area contributed by atoms with Gasteiger partial charge in [0.25, 0.3) is 0 Å². The van der Waals surface area contributed by atoms with Gasteiger partial charge in [-0.05, 0) is 19.1 Å². The first-order chi connectivity index (χ1) is 13.5. The van der Waals surface area contributed by atoms with Crippen molar-refractivity contribution < 1.29 is 28.6 Å². The Morgan fingerprint density at radius 2 is 1.79 bits per heavy atom. The van der Waals surface area contributed by atoms with Gasteiger partial charge in [-0.25, -0.2) is 10.2 Å². The number of benzene rings is 1. The lowest BCUT2D eigenvalue weighted by Crippen LogP contribution is -2.53. The van der Waals surface area contributed by atoms with Gasteiger partial charge in [-0.1, -0.05) is 0 Å². The minimum Gasteiger partial charge on any atom is -0.497 e. The van der Waals surface area contributed by atoms with E-state index in [2.05, 4.69) is 10.5 Å². The van der Waals surface area contributed by atoms with Crippen LogP contribution in [-0.2, 0) is 14.3 Å². The molecule has 0 atom stereocenters. The molecule has 1 aliphatic heterocycles. The highest BCUT2D eigenvalue weighted by atomic mass is 16.6. The molecular formula is C18H24N4O6. The van der Waals surface area contributed by atoms with Crippen molar-refractivity contribution in [2.75, 3.05) is 47.0 Å². The average Bonchev–Trinajstić information content (AvgIpc) is 2.73. The average molecular weight is 392 g/mol. The molecule has 10 heteroatoms. The van der Waals surface area contributed by atoms with Crippen LogP contribution in [0.4, 0.5) is 4.79 Å². The van der Waals surface area contributed by atoms with Gasteiger partial charge in [0, 0.05) is 37.8 Å². The molecule has 152 valence electrons. The van der Waals surface area contributed by atoms with Gasteiger partial charge in [-0.15, -0.1) is 0 Å². The third-order valence-corrected chi connectivity index (χ3v) is 4.10. The summed E-state index contributed by atoms with van der Waals surface area (Å²) in [5.41, 5.74) is 2.82. The molecule has 0 spiro atoms. The second kappa shape index (κ2) is 10.1. The van der Waals surface area contributed by atoms with Crippen molar-refractivity contribution in [3.8, 4) is 11.5 Å². The number of piperazine rings is 1. The molecule has 3 amide bonds.